The molecule has 7 heteroatoms. The normalized spacial score (nSPS) is 33.4. The fourth-order valence-electron chi connectivity index (χ4n) is 6.17. The topological polar surface area (TPSA) is 105 Å². The summed E-state index contributed by atoms with van der Waals surface area (Å²) in [6, 6.07) is 6.12. The Morgan fingerprint density at radius 3 is 2.60 bits per heavy atom. The van der Waals surface area contributed by atoms with E-state index in [0.29, 0.717) is 42.4 Å². The average molecular weight is 411 g/mol. The van der Waals surface area contributed by atoms with Crippen molar-refractivity contribution in [1.29, 1.82) is 0 Å². The molecule has 160 valence electrons. The van der Waals surface area contributed by atoms with Crippen LogP contribution in [0.15, 0.2) is 18.2 Å². The summed E-state index contributed by atoms with van der Waals surface area (Å²) >= 11 is 0. The van der Waals surface area contributed by atoms with E-state index in [9.17, 15) is 14.4 Å². The van der Waals surface area contributed by atoms with Crippen LogP contribution in [0.2, 0.25) is 0 Å². The molecule has 5 rings (SSSR count). The molecule has 4 aliphatic rings. The number of nitrogens with one attached hydrogen (secondary N) is 2. The van der Waals surface area contributed by atoms with E-state index in [-0.39, 0.29) is 24.1 Å². The number of carbonyl (C=O) groups excluding carboxylic acids is 3. The second kappa shape index (κ2) is 7.78. The van der Waals surface area contributed by atoms with E-state index in [1.54, 1.807) is 4.90 Å². The van der Waals surface area contributed by atoms with Gasteiger partial charge in [-0.15, -0.1) is 0 Å². The van der Waals surface area contributed by atoms with E-state index in [4.69, 9.17) is 5.73 Å². The summed E-state index contributed by atoms with van der Waals surface area (Å²) in [4.78, 5) is 38.4. The molecule has 2 bridgehead atoms. The predicted molar refractivity (Wildman–Crippen MR) is 111 cm³/mol. The number of rotatable bonds is 4. The monoisotopic (exact) mass is 410 g/mol. The molecule has 7 nitrogen and oxygen atoms in total. The Bertz CT molecular complexity index is 871. The maximum absolute atomic E-state index is 13.0. The number of piperidine rings is 1. The highest BCUT2D eigenvalue weighted by Gasteiger charge is 2.41. The smallest absolute Gasteiger partial charge is 0.255 e. The van der Waals surface area contributed by atoms with Crippen molar-refractivity contribution < 1.29 is 14.4 Å². The maximum Gasteiger partial charge on any atom is 0.255 e. The van der Waals surface area contributed by atoms with Crippen molar-refractivity contribution >= 4 is 17.7 Å². The van der Waals surface area contributed by atoms with Gasteiger partial charge < -0.3 is 16.0 Å². The Balaban J connectivity index is 1.31. The average Bonchev–Trinajstić information content (AvgIpc) is 3.03. The van der Waals surface area contributed by atoms with E-state index in [2.05, 4.69) is 16.7 Å². The molecule has 2 heterocycles. The first-order chi connectivity index (χ1) is 14.5. The van der Waals surface area contributed by atoms with E-state index < -0.39 is 6.04 Å². The lowest BCUT2D eigenvalue weighted by Crippen LogP contribution is -2.52. The molecule has 1 saturated heterocycles. The SMILES string of the molecule is NC1CC2CCCC(C1)C2NCc1cccc2c1CN(C1CCC(=O)NC1=O)C2=O. The second-order valence-electron chi connectivity index (χ2n) is 9.43. The standard InChI is InChI=1S/C23H30N4O3/c24-16-9-13-3-1-4-14(10-16)21(13)25-11-15-5-2-6-17-18(15)12-27(23(17)30)19-7-8-20(28)26-22(19)29/h2,5-6,13-14,16,19,21,25H,1,3-4,7-12,24H2,(H,26,28,29). The third-order valence-electron chi connectivity index (χ3n) is 7.58. The Hall–Kier alpha value is -2.25. The van der Waals surface area contributed by atoms with Gasteiger partial charge in [0.25, 0.3) is 5.91 Å². The van der Waals surface area contributed by atoms with Crippen molar-refractivity contribution in [1.82, 2.24) is 15.5 Å². The van der Waals surface area contributed by atoms with Crippen LogP contribution in [0.4, 0.5) is 0 Å². The summed E-state index contributed by atoms with van der Waals surface area (Å²) in [5.41, 5.74) is 9.09. The molecule has 0 spiro atoms. The molecule has 4 N–H and O–H groups in total. The highest BCUT2D eigenvalue weighted by atomic mass is 16.2. The van der Waals surface area contributed by atoms with Gasteiger partial charge in [0, 0.05) is 37.2 Å². The van der Waals surface area contributed by atoms with Crippen LogP contribution in [0.5, 0.6) is 0 Å². The molecule has 2 saturated carbocycles. The largest absolute Gasteiger partial charge is 0.328 e. The highest BCUT2D eigenvalue weighted by molar-refractivity contribution is 6.05. The van der Waals surface area contributed by atoms with Gasteiger partial charge in [0.05, 0.1) is 0 Å². The molecular weight excluding hydrogens is 380 g/mol. The van der Waals surface area contributed by atoms with Gasteiger partial charge in [-0.2, -0.15) is 0 Å². The van der Waals surface area contributed by atoms with Gasteiger partial charge in [-0.05, 0) is 61.1 Å². The summed E-state index contributed by atoms with van der Waals surface area (Å²) in [5.74, 6) is 0.556. The summed E-state index contributed by atoms with van der Waals surface area (Å²) in [5, 5.41) is 6.17. The van der Waals surface area contributed by atoms with Gasteiger partial charge in [0.15, 0.2) is 0 Å². The van der Waals surface area contributed by atoms with Gasteiger partial charge in [-0.1, -0.05) is 18.6 Å². The van der Waals surface area contributed by atoms with Crippen LogP contribution in [-0.2, 0) is 22.7 Å². The minimum Gasteiger partial charge on any atom is -0.328 e. The molecule has 0 radical (unpaired) electrons. The molecule has 2 aliphatic carbocycles. The van der Waals surface area contributed by atoms with Gasteiger partial charge in [0.2, 0.25) is 11.8 Å². The number of imide groups is 1. The third-order valence-corrected chi connectivity index (χ3v) is 7.58. The number of fused-ring (bicyclic) bond motifs is 3. The number of hydrogen-bond donors (Lipinski definition) is 3. The first kappa shape index (κ1) is 19.7. The fourth-order valence-corrected chi connectivity index (χ4v) is 6.17. The number of carbonyl (C=O) groups is 3. The molecule has 3 fully saturated rings. The summed E-state index contributed by atoms with van der Waals surface area (Å²) < 4.78 is 0. The van der Waals surface area contributed by atoms with Crippen molar-refractivity contribution in [2.75, 3.05) is 0 Å². The lowest BCUT2D eigenvalue weighted by Gasteiger charge is -2.45. The molecule has 1 aromatic carbocycles. The van der Waals surface area contributed by atoms with Crippen molar-refractivity contribution in [2.45, 2.75) is 76.2 Å². The lowest BCUT2D eigenvalue weighted by atomic mass is 9.67. The number of nitrogens with two attached hydrogens (primary N) is 1. The lowest BCUT2D eigenvalue weighted by molar-refractivity contribution is -0.136. The maximum atomic E-state index is 13.0. The zero-order valence-electron chi connectivity index (χ0n) is 17.2. The first-order valence-corrected chi connectivity index (χ1v) is 11.3. The van der Waals surface area contributed by atoms with Crippen molar-refractivity contribution in [3.63, 3.8) is 0 Å². The van der Waals surface area contributed by atoms with Crippen LogP contribution >= 0.6 is 0 Å². The Morgan fingerprint density at radius 2 is 1.87 bits per heavy atom. The predicted octanol–water partition coefficient (Wildman–Crippen LogP) is 1.44. The molecule has 2 aliphatic heterocycles. The first-order valence-electron chi connectivity index (χ1n) is 11.3. The summed E-state index contributed by atoms with van der Waals surface area (Å²) in [6.07, 6.45) is 6.66. The van der Waals surface area contributed by atoms with Crippen LogP contribution in [0.3, 0.4) is 0 Å². The minimum atomic E-state index is -0.567. The molecule has 0 aromatic heterocycles. The molecule has 3 unspecified atom stereocenters. The van der Waals surface area contributed by atoms with Gasteiger partial charge in [-0.3, -0.25) is 19.7 Å². The molecule has 3 atom stereocenters. The van der Waals surface area contributed by atoms with E-state index in [1.807, 2.05) is 12.1 Å². The van der Waals surface area contributed by atoms with Gasteiger partial charge in [-0.25, -0.2) is 0 Å². The zero-order valence-corrected chi connectivity index (χ0v) is 17.2. The van der Waals surface area contributed by atoms with Crippen molar-refractivity contribution in [3.8, 4) is 0 Å². The van der Waals surface area contributed by atoms with E-state index >= 15 is 0 Å². The zero-order chi connectivity index (χ0) is 20.8. The number of nitrogens with zero attached hydrogens (tertiary/aromatic N) is 1. The molecule has 3 amide bonds. The summed E-state index contributed by atoms with van der Waals surface area (Å²) in [6.45, 7) is 1.16. The molecular formula is C23H30N4O3. The van der Waals surface area contributed by atoms with Crippen LogP contribution in [0.25, 0.3) is 0 Å². The number of hydrogen-bond acceptors (Lipinski definition) is 5. The summed E-state index contributed by atoms with van der Waals surface area (Å²) in [7, 11) is 0. The highest BCUT2D eigenvalue weighted by Crippen LogP contribution is 2.40. The van der Waals surface area contributed by atoms with Gasteiger partial charge >= 0.3 is 0 Å². The van der Waals surface area contributed by atoms with E-state index in [1.165, 1.54) is 19.3 Å². The Morgan fingerprint density at radius 1 is 1.10 bits per heavy atom. The molecule has 1 aromatic rings. The van der Waals surface area contributed by atoms with E-state index in [0.717, 1.165) is 30.5 Å². The van der Waals surface area contributed by atoms with Crippen LogP contribution in [-0.4, -0.2) is 40.7 Å². The quantitative estimate of drug-likeness (QED) is 0.652. The molecule has 30 heavy (non-hydrogen) atoms. The van der Waals surface area contributed by atoms with Gasteiger partial charge in [0.1, 0.15) is 6.04 Å². The van der Waals surface area contributed by atoms with Crippen LogP contribution in [0, 0.1) is 11.8 Å². The van der Waals surface area contributed by atoms with Crippen LogP contribution < -0.4 is 16.4 Å². The van der Waals surface area contributed by atoms with Crippen molar-refractivity contribution in [2.24, 2.45) is 17.6 Å². The Kier molecular flexibility index (Phi) is 5.11. The number of amides is 3. The van der Waals surface area contributed by atoms with Crippen molar-refractivity contribution in [3.05, 3.63) is 34.9 Å². The second-order valence-corrected chi connectivity index (χ2v) is 9.43. The Labute approximate surface area is 176 Å². The number of benzene rings is 1. The fraction of sp³-hybridized carbons (Fsp3) is 0.609. The third kappa shape index (κ3) is 3.44. The van der Waals surface area contributed by atoms with Crippen LogP contribution in [0.1, 0.15) is 66.4 Å². The minimum absolute atomic E-state index is 0.109.